The molecule has 1 aliphatic rings. The van der Waals surface area contributed by atoms with Gasteiger partial charge < -0.3 is 10.6 Å². The molecule has 21 heavy (non-hydrogen) atoms. The highest BCUT2D eigenvalue weighted by atomic mass is 16.2. The molecule has 3 N–H and O–H groups in total. The Morgan fingerprint density at radius 3 is 2.67 bits per heavy atom. The normalized spacial score (nSPS) is 17.8. The van der Waals surface area contributed by atoms with E-state index >= 15 is 0 Å². The van der Waals surface area contributed by atoms with Gasteiger partial charge in [0.25, 0.3) is 0 Å². The van der Waals surface area contributed by atoms with Crippen LogP contribution in [-0.2, 0) is 9.59 Å². The molecular weight excluding hydrogens is 270 g/mol. The maximum atomic E-state index is 12.1. The lowest BCUT2D eigenvalue weighted by molar-refractivity contribution is -0.128. The Kier molecular flexibility index (Phi) is 5.74. The highest BCUT2D eigenvalue weighted by molar-refractivity contribution is 5.94. The Hall–Kier alpha value is -1.89. The number of rotatable bonds is 5. The summed E-state index contributed by atoms with van der Waals surface area (Å²) < 4.78 is 0. The Balaban J connectivity index is 1.73. The molecule has 0 saturated carbocycles. The number of nitrogens with one attached hydrogen (secondary N) is 3. The molecule has 2 rings (SSSR count). The van der Waals surface area contributed by atoms with E-state index in [-0.39, 0.29) is 24.4 Å². The maximum Gasteiger partial charge on any atom is 0.243 e. The molecule has 0 spiro atoms. The van der Waals surface area contributed by atoms with Crippen molar-refractivity contribution in [3.8, 4) is 0 Å². The van der Waals surface area contributed by atoms with Gasteiger partial charge in [-0.3, -0.25) is 19.6 Å². The van der Waals surface area contributed by atoms with Crippen molar-refractivity contribution < 1.29 is 9.59 Å². The molecule has 0 radical (unpaired) electrons. The Morgan fingerprint density at radius 1 is 1.33 bits per heavy atom. The van der Waals surface area contributed by atoms with Crippen LogP contribution in [0.15, 0.2) is 12.4 Å². The highest BCUT2D eigenvalue weighted by Gasteiger charge is 2.22. The van der Waals surface area contributed by atoms with Crippen molar-refractivity contribution in [3.05, 3.63) is 12.4 Å². The molecule has 2 amide bonds. The van der Waals surface area contributed by atoms with Crippen LogP contribution in [0.25, 0.3) is 0 Å². The topological polar surface area (TPSA) is 90.1 Å². The standard InChI is InChI=1S/C14H23N5O2/c1-11(19-6-4-2-3-5-7-19)14(21)15-10-13(20)18-12-8-16-17-9-12/h8-9,11H,2-7,10H2,1H3,(H,15,21)(H,16,17)(H,18,20). The number of carbonyl (C=O) groups is 2. The zero-order valence-electron chi connectivity index (χ0n) is 12.4. The predicted molar refractivity (Wildman–Crippen MR) is 79.7 cm³/mol. The predicted octanol–water partition coefficient (Wildman–Crippen LogP) is 0.729. The molecule has 7 nitrogen and oxygen atoms in total. The number of carbonyl (C=O) groups excluding carboxylic acids is 2. The third-order valence-electron chi connectivity index (χ3n) is 3.77. The van der Waals surface area contributed by atoms with Crippen molar-refractivity contribution in [3.63, 3.8) is 0 Å². The summed E-state index contributed by atoms with van der Waals surface area (Å²) in [7, 11) is 0. The van der Waals surface area contributed by atoms with Crippen molar-refractivity contribution >= 4 is 17.5 Å². The van der Waals surface area contributed by atoms with Crippen LogP contribution in [0.1, 0.15) is 32.6 Å². The summed E-state index contributed by atoms with van der Waals surface area (Å²) in [6, 6.07) is -0.190. The van der Waals surface area contributed by atoms with E-state index < -0.39 is 0 Å². The molecule has 2 heterocycles. The molecule has 1 aromatic heterocycles. The first-order valence-corrected chi connectivity index (χ1v) is 7.47. The number of hydrogen-bond acceptors (Lipinski definition) is 4. The summed E-state index contributed by atoms with van der Waals surface area (Å²) in [6.45, 7) is 3.78. The van der Waals surface area contributed by atoms with Crippen molar-refractivity contribution in [2.24, 2.45) is 0 Å². The average molecular weight is 293 g/mol. The monoisotopic (exact) mass is 293 g/mol. The molecule has 0 aromatic carbocycles. The number of aromatic amines is 1. The van der Waals surface area contributed by atoms with Crippen molar-refractivity contribution in [1.29, 1.82) is 0 Å². The Labute approximate surface area is 124 Å². The number of nitrogens with zero attached hydrogens (tertiary/aromatic N) is 2. The van der Waals surface area contributed by atoms with Crippen molar-refractivity contribution in [2.45, 2.75) is 38.6 Å². The summed E-state index contributed by atoms with van der Waals surface area (Å²) >= 11 is 0. The minimum Gasteiger partial charge on any atom is -0.346 e. The van der Waals surface area contributed by atoms with E-state index in [9.17, 15) is 9.59 Å². The summed E-state index contributed by atoms with van der Waals surface area (Å²) in [5.41, 5.74) is 0.592. The van der Waals surface area contributed by atoms with E-state index in [4.69, 9.17) is 0 Å². The van der Waals surface area contributed by atoms with Crippen LogP contribution in [0.5, 0.6) is 0 Å². The lowest BCUT2D eigenvalue weighted by Gasteiger charge is -2.26. The molecular formula is C14H23N5O2. The van der Waals surface area contributed by atoms with Gasteiger partial charge in [-0.05, 0) is 32.9 Å². The smallest absolute Gasteiger partial charge is 0.243 e. The first-order chi connectivity index (χ1) is 10.2. The van der Waals surface area contributed by atoms with Crippen LogP contribution >= 0.6 is 0 Å². The van der Waals surface area contributed by atoms with Gasteiger partial charge >= 0.3 is 0 Å². The van der Waals surface area contributed by atoms with Gasteiger partial charge in [0.15, 0.2) is 0 Å². The number of aromatic nitrogens is 2. The molecule has 1 saturated heterocycles. The van der Waals surface area contributed by atoms with Crippen LogP contribution in [-0.4, -0.2) is 52.6 Å². The van der Waals surface area contributed by atoms with E-state index in [0.717, 1.165) is 25.9 Å². The summed E-state index contributed by atoms with van der Waals surface area (Å²) in [5.74, 6) is -0.355. The lowest BCUT2D eigenvalue weighted by atomic mass is 10.2. The molecule has 7 heteroatoms. The lowest BCUT2D eigenvalue weighted by Crippen LogP contribution is -2.47. The van der Waals surface area contributed by atoms with Gasteiger partial charge in [-0.2, -0.15) is 5.10 Å². The number of likely N-dealkylation sites (tertiary alicyclic amines) is 1. The fraction of sp³-hybridized carbons (Fsp3) is 0.643. The quantitative estimate of drug-likeness (QED) is 0.746. The molecule has 1 unspecified atom stereocenters. The SMILES string of the molecule is CC(C(=O)NCC(=O)Nc1cn[nH]c1)N1CCCCCC1. The Bertz CT molecular complexity index is 452. The van der Waals surface area contributed by atoms with E-state index in [1.807, 2.05) is 6.92 Å². The number of H-pyrrole nitrogens is 1. The minimum atomic E-state index is -0.257. The molecule has 1 aromatic rings. The highest BCUT2D eigenvalue weighted by Crippen LogP contribution is 2.12. The van der Waals surface area contributed by atoms with E-state index in [1.165, 1.54) is 19.0 Å². The van der Waals surface area contributed by atoms with Gasteiger partial charge in [-0.15, -0.1) is 0 Å². The first-order valence-electron chi connectivity index (χ1n) is 7.47. The summed E-state index contributed by atoms with van der Waals surface area (Å²) in [6.07, 6.45) is 7.84. The van der Waals surface area contributed by atoms with Gasteiger partial charge in [0.1, 0.15) is 0 Å². The third-order valence-corrected chi connectivity index (χ3v) is 3.77. The van der Waals surface area contributed by atoms with Crippen LogP contribution < -0.4 is 10.6 Å². The zero-order chi connectivity index (χ0) is 15.1. The number of amides is 2. The van der Waals surface area contributed by atoms with Gasteiger partial charge in [-0.1, -0.05) is 12.8 Å². The van der Waals surface area contributed by atoms with E-state index in [0.29, 0.717) is 5.69 Å². The van der Waals surface area contributed by atoms with Gasteiger partial charge in [-0.25, -0.2) is 0 Å². The minimum absolute atomic E-state index is 0.0256. The number of hydrogen-bond donors (Lipinski definition) is 3. The molecule has 0 aliphatic carbocycles. The molecule has 1 fully saturated rings. The first kappa shape index (κ1) is 15.5. The van der Waals surface area contributed by atoms with E-state index in [1.54, 1.807) is 6.20 Å². The second kappa shape index (κ2) is 7.78. The van der Waals surface area contributed by atoms with Crippen molar-refractivity contribution in [1.82, 2.24) is 20.4 Å². The molecule has 116 valence electrons. The van der Waals surface area contributed by atoms with Gasteiger partial charge in [0, 0.05) is 6.20 Å². The second-order valence-corrected chi connectivity index (χ2v) is 5.38. The van der Waals surface area contributed by atoms with Crippen LogP contribution in [0.4, 0.5) is 5.69 Å². The van der Waals surface area contributed by atoms with Crippen LogP contribution in [0.3, 0.4) is 0 Å². The Morgan fingerprint density at radius 2 is 2.05 bits per heavy atom. The van der Waals surface area contributed by atoms with Gasteiger partial charge in [0.2, 0.25) is 11.8 Å². The molecule has 1 atom stereocenters. The van der Waals surface area contributed by atoms with Crippen molar-refractivity contribution in [2.75, 3.05) is 25.0 Å². The van der Waals surface area contributed by atoms with E-state index in [2.05, 4.69) is 25.7 Å². The zero-order valence-corrected chi connectivity index (χ0v) is 12.4. The van der Waals surface area contributed by atoms with Gasteiger partial charge in [0.05, 0.1) is 24.5 Å². The summed E-state index contributed by atoms with van der Waals surface area (Å²) in [4.78, 5) is 26.0. The van der Waals surface area contributed by atoms with Crippen LogP contribution in [0.2, 0.25) is 0 Å². The molecule has 0 bridgehead atoms. The largest absolute Gasteiger partial charge is 0.346 e. The fourth-order valence-electron chi connectivity index (χ4n) is 2.49. The maximum absolute atomic E-state index is 12.1. The second-order valence-electron chi connectivity index (χ2n) is 5.38. The number of anilines is 1. The van der Waals surface area contributed by atoms with Crippen LogP contribution in [0, 0.1) is 0 Å². The fourth-order valence-corrected chi connectivity index (χ4v) is 2.49. The average Bonchev–Trinajstić information content (AvgIpc) is 2.83. The third kappa shape index (κ3) is 4.86. The molecule has 1 aliphatic heterocycles. The summed E-state index contributed by atoms with van der Waals surface area (Å²) in [5, 5.41) is 11.7.